The van der Waals surface area contributed by atoms with Crippen molar-refractivity contribution in [1.29, 1.82) is 0 Å². The number of nitrogens with zero attached hydrogens (tertiary/aromatic N) is 1. The van der Waals surface area contributed by atoms with Crippen molar-refractivity contribution >= 4 is 0 Å². The molecule has 1 aliphatic heterocycles. The molecule has 1 atom stereocenters. The first-order chi connectivity index (χ1) is 6.72. The summed E-state index contributed by atoms with van der Waals surface area (Å²) in [6.45, 7) is 8.52. The van der Waals surface area contributed by atoms with Gasteiger partial charge in [-0.3, -0.25) is 0 Å². The topological polar surface area (TPSA) is 15.3 Å². The van der Waals surface area contributed by atoms with Crippen LogP contribution in [0.1, 0.15) is 32.6 Å². The van der Waals surface area contributed by atoms with Crippen LogP contribution < -0.4 is 5.32 Å². The van der Waals surface area contributed by atoms with Crippen molar-refractivity contribution in [2.75, 3.05) is 20.1 Å². The SMILES string of the molecule is C=CCC[C@H](C)NC1CCN(C)CC1. The van der Waals surface area contributed by atoms with Gasteiger partial charge >= 0.3 is 0 Å². The lowest BCUT2D eigenvalue weighted by Gasteiger charge is -2.31. The fourth-order valence-electron chi connectivity index (χ4n) is 2.03. The Kier molecular flexibility index (Phi) is 5.20. The first kappa shape index (κ1) is 11.7. The van der Waals surface area contributed by atoms with Gasteiger partial charge in [0.2, 0.25) is 0 Å². The first-order valence-corrected chi connectivity index (χ1v) is 5.78. The molecule has 1 aliphatic rings. The Hall–Kier alpha value is -0.340. The van der Waals surface area contributed by atoms with E-state index in [0.29, 0.717) is 6.04 Å². The van der Waals surface area contributed by atoms with E-state index in [1.165, 1.54) is 32.4 Å². The minimum Gasteiger partial charge on any atom is -0.311 e. The van der Waals surface area contributed by atoms with Crippen LogP contribution in [-0.4, -0.2) is 37.1 Å². The zero-order valence-corrected chi connectivity index (χ0v) is 9.63. The molecule has 0 radical (unpaired) electrons. The Morgan fingerprint density at radius 1 is 1.50 bits per heavy atom. The van der Waals surface area contributed by atoms with Crippen LogP contribution in [0.5, 0.6) is 0 Å². The van der Waals surface area contributed by atoms with Gasteiger partial charge in [-0.05, 0) is 52.7 Å². The Morgan fingerprint density at radius 3 is 2.71 bits per heavy atom. The van der Waals surface area contributed by atoms with Gasteiger partial charge in [-0.15, -0.1) is 6.58 Å². The van der Waals surface area contributed by atoms with E-state index >= 15 is 0 Å². The molecule has 82 valence electrons. The standard InChI is InChI=1S/C12H24N2/c1-4-5-6-11(2)13-12-7-9-14(3)10-8-12/h4,11-13H,1,5-10H2,2-3H3/t11-/m0/s1. The van der Waals surface area contributed by atoms with Crippen molar-refractivity contribution in [2.45, 2.75) is 44.7 Å². The molecule has 14 heavy (non-hydrogen) atoms. The lowest BCUT2D eigenvalue weighted by Crippen LogP contribution is -2.44. The third-order valence-corrected chi connectivity index (χ3v) is 3.04. The second-order valence-electron chi connectivity index (χ2n) is 4.51. The molecule has 0 aromatic rings. The van der Waals surface area contributed by atoms with Crippen LogP contribution in [0.4, 0.5) is 0 Å². The van der Waals surface area contributed by atoms with Gasteiger partial charge in [0.1, 0.15) is 0 Å². The molecular weight excluding hydrogens is 172 g/mol. The maximum atomic E-state index is 3.75. The van der Waals surface area contributed by atoms with Crippen molar-refractivity contribution in [3.63, 3.8) is 0 Å². The Labute approximate surface area is 88.4 Å². The van der Waals surface area contributed by atoms with E-state index in [4.69, 9.17) is 0 Å². The number of allylic oxidation sites excluding steroid dienone is 1. The van der Waals surface area contributed by atoms with E-state index in [1.807, 2.05) is 6.08 Å². The molecule has 1 fully saturated rings. The zero-order chi connectivity index (χ0) is 10.4. The first-order valence-electron chi connectivity index (χ1n) is 5.78. The van der Waals surface area contributed by atoms with Gasteiger partial charge in [-0.2, -0.15) is 0 Å². The predicted molar refractivity (Wildman–Crippen MR) is 62.5 cm³/mol. The van der Waals surface area contributed by atoms with Gasteiger partial charge in [0.05, 0.1) is 0 Å². The second-order valence-corrected chi connectivity index (χ2v) is 4.51. The molecule has 0 unspecified atom stereocenters. The molecule has 0 spiro atoms. The minimum atomic E-state index is 0.640. The van der Waals surface area contributed by atoms with Crippen LogP contribution in [0.15, 0.2) is 12.7 Å². The van der Waals surface area contributed by atoms with Crippen molar-refractivity contribution in [2.24, 2.45) is 0 Å². The molecule has 1 saturated heterocycles. The van der Waals surface area contributed by atoms with Crippen molar-refractivity contribution in [1.82, 2.24) is 10.2 Å². The zero-order valence-electron chi connectivity index (χ0n) is 9.63. The van der Waals surface area contributed by atoms with E-state index in [2.05, 4.69) is 30.8 Å². The number of hydrogen-bond donors (Lipinski definition) is 1. The number of piperidine rings is 1. The highest BCUT2D eigenvalue weighted by atomic mass is 15.1. The summed E-state index contributed by atoms with van der Waals surface area (Å²) in [4.78, 5) is 2.41. The highest BCUT2D eigenvalue weighted by molar-refractivity contribution is 4.79. The fraction of sp³-hybridized carbons (Fsp3) is 0.833. The van der Waals surface area contributed by atoms with Crippen LogP contribution in [0.3, 0.4) is 0 Å². The molecule has 2 nitrogen and oxygen atoms in total. The molecule has 0 bridgehead atoms. The molecular formula is C12H24N2. The highest BCUT2D eigenvalue weighted by Gasteiger charge is 2.17. The summed E-state index contributed by atoms with van der Waals surface area (Å²) in [5.41, 5.74) is 0. The average Bonchev–Trinajstić information content (AvgIpc) is 2.18. The molecule has 0 amide bonds. The summed E-state index contributed by atoms with van der Waals surface area (Å²) in [5.74, 6) is 0. The summed E-state index contributed by atoms with van der Waals surface area (Å²) in [5, 5.41) is 3.70. The summed E-state index contributed by atoms with van der Waals surface area (Å²) < 4.78 is 0. The lowest BCUT2D eigenvalue weighted by molar-refractivity contribution is 0.225. The van der Waals surface area contributed by atoms with E-state index in [-0.39, 0.29) is 0 Å². The molecule has 1 rings (SSSR count). The second kappa shape index (κ2) is 6.20. The number of likely N-dealkylation sites (tertiary alicyclic amines) is 1. The van der Waals surface area contributed by atoms with E-state index < -0.39 is 0 Å². The smallest absolute Gasteiger partial charge is 0.00938 e. The number of rotatable bonds is 5. The van der Waals surface area contributed by atoms with Crippen LogP contribution in [0.2, 0.25) is 0 Å². The van der Waals surface area contributed by atoms with Gasteiger partial charge in [0.25, 0.3) is 0 Å². The van der Waals surface area contributed by atoms with E-state index in [9.17, 15) is 0 Å². The quantitative estimate of drug-likeness (QED) is 0.677. The summed E-state index contributed by atoms with van der Waals surface area (Å²) >= 11 is 0. The van der Waals surface area contributed by atoms with Crippen molar-refractivity contribution in [3.05, 3.63) is 12.7 Å². The third kappa shape index (κ3) is 4.25. The molecule has 0 saturated carbocycles. The van der Waals surface area contributed by atoms with Crippen molar-refractivity contribution < 1.29 is 0 Å². The van der Waals surface area contributed by atoms with E-state index in [0.717, 1.165) is 12.5 Å². The maximum Gasteiger partial charge on any atom is 0.00938 e. The van der Waals surface area contributed by atoms with Crippen LogP contribution in [0.25, 0.3) is 0 Å². The Morgan fingerprint density at radius 2 is 2.14 bits per heavy atom. The maximum absolute atomic E-state index is 3.75. The normalized spacial score (nSPS) is 22.1. The van der Waals surface area contributed by atoms with Crippen LogP contribution in [0, 0.1) is 0 Å². The molecule has 0 aliphatic carbocycles. The summed E-state index contributed by atoms with van der Waals surface area (Å²) in [7, 11) is 2.21. The van der Waals surface area contributed by atoms with Crippen molar-refractivity contribution in [3.8, 4) is 0 Å². The van der Waals surface area contributed by atoms with Crippen LogP contribution >= 0.6 is 0 Å². The van der Waals surface area contributed by atoms with Gasteiger partial charge in [-0.1, -0.05) is 6.08 Å². The summed E-state index contributed by atoms with van der Waals surface area (Å²) in [6, 6.07) is 1.38. The highest BCUT2D eigenvalue weighted by Crippen LogP contribution is 2.10. The Balaban J connectivity index is 2.13. The third-order valence-electron chi connectivity index (χ3n) is 3.04. The number of hydrogen-bond acceptors (Lipinski definition) is 2. The average molecular weight is 196 g/mol. The molecule has 2 heteroatoms. The fourth-order valence-corrected chi connectivity index (χ4v) is 2.03. The Bertz CT molecular complexity index is 160. The molecule has 0 aromatic heterocycles. The van der Waals surface area contributed by atoms with Crippen LogP contribution in [-0.2, 0) is 0 Å². The van der Waals surface area contributed by atoms with E-state index in [1.54, 1.807) is 0 Å². The van der Waals surface area contributed by atoms with Gasteiger partial charge < -0.3 is 10.2 Å². The molecule has 1 N–H and O–H groups in total. The van der Waals surface area contributed by atoms with Gasteiger partial charge in [-0.25, -0.2) is 0 Å². The summed E-state index contributed by atoms with van der Waals surface area (Å²) in [6.07, 6.45) is 6.95. The molecule has 0 aromatic carbocycles. The van der Waals surface area contributed by atoms with Gasteiger partial charge in [0.15, 0.2) is 0 Å². The largest absolute Gasteiger partial charge is 0.311 e. The minimum absolute atomic E-state index is 0.640. The number of nitrogens with one attached hydrogen (secondary N) is 1. The predicted octanol–water partition coefficient (Wildman–Crippen LogP) is 2.02. The molecule has 1 heterocycles. The van der Waals surface area contributed by atoms with Gasteiger partial charge in [0, 0.05) is 12.1 Å². The lowest BCUT2D eigenvalue weighted by atomic mass is 10.0. The monoisotopic (exact) mass is 196 g/mol.